The lowest BCUT2D eigenvalue weighted by molar-refractivity contribution is 0.0866. The molecule has 4 aromatic rings. The number of ether oxygens (including phenoxy) is 1. The zero-order chi connectivity index (χ0) is 24.0. The van der Waals surface area contributed by atoms with Crippen LogP contribution in [0.1, 0.15) is 19.4 Å². The smallest absolute Gasteiger partial charge is 0.260 e. The molecule has 1 N–H and O–H groups in total. The predicted molar refractivity (Wildman–Crippen MR) is 121 cm³/mol. The molecule has 12 heteroatoms. The van der Waals surface area contributed by atoms with Crippen LogP contribution in [0.3, 0.4) is 0 Å². The molecule has 1 aliphatic rings. The van der Waals surface area contributed by atoms with Gasteiger partial charge in [0.2, 0.25) is 11.8 Å². The number of nitrogens with one attached hydrogen (secondary N) is 1. The van der Waals surface area contributed by atoms with Crippen molar-refractivity contribution in [3.8, 4) is 17.0 Å². The Kier molecular flexibility index (Phi) is 5.76. The summed E-state index contributed by atoms with van der Waals surface area (Å²) in [4.78, 5) is 6.42. The number of methoxy groups -OCH3 is 1. The molecule has 1 aliphatic heterocycles. The van der Waals surface area contributed by atoms with Crippen molar-refractivity contribution in [1.82, 2.24) is 34.5 Å². The lowest BCUT2D eigenvalue weighted by Crippen LogP contribution is -2.46. The van der Waals surface area contributed by atoms with Crippen LogP contribution in [-0.4, -0.2) is 80.4 Å². The normalized spacial score (nSPS) is 20.3. The van der Waals surface area contributed by atoms with E-state index in [1.54, 1.807) is 22.8 Å². The minimum atomic E-state index is -2.57. The highest BCUT2D eigenvalue weighted by Gasteiger charge is 2.28. The second-order valence-corrected chi connectivity index (χ2v) is 8.60. The highest BCUT2D eigenvalue weighted by atomic mass is 19.3. The fourth-order valence-corrected chi connectivity index (χ4v) is 4.32. The van der Waals surface area contributed by atoms with E-state index in [9.17, 15) is 13.2 Å². The third-order valence-corrected chi connectivity index (χ3v) is 6.26. The van der Waals surface area contributed by atoms with Gasteiger partial charge in [0, 0.05) is 24.8 Å². The van der Waals surface area contributed by atoms with Gasteiger partial charge >= 0.3 is 0 Å². The number of halogens is 3. The Labute approximate surface area is 193 Å². The number of alkyl halides is 3. The van der Waals surface area contributed by atoms with Crippen LogP contribution in [-0.2, 0) is 0 Å². The molecule has 0 unspecified atom stereocenters. The lowest BCUT2D eigenvalue weighted by atomic mass is 10.0. The molecule has 3 aromatic heterocycles. The number of hydrogen-bond acceptors (Lipinski definition) is 7. The summed E-state index contributed by atoms with van der Waals surface area (Å²) in [7, 11) is 3.40. The average Bonchev–Trinajstić information content (AvgIpc) is 3.43. The van der Waals surface area contributed by atoms with Gasteiger partial charge in [-0.25, -0.2) is 22.4 Å². The number of anilines is 1. The van der Waals surface area contributed by atoms with Crippen molar-refractivity contribution >= 4 is 22.5 Å². The summed E-state index contributed by atoms with van der Waals surface area (Å²) in [5, 5.41) is 15.5. The molecule has 4 heterocycles. The number of benzene rings is 1. The monoisotopic (exact) mass is 474 g/mol. The van der Waals surface area contributed by atoms with E-state index in [1.807, 2.05) is 24.1 Å². The van der Waals surface area contributed by atoms with Gasteiger partial charge in [0.1, 0.15) is 23.2 Å². The van der Waals surface area contributed by atoms with E-state index in [1.165, 1.54) is 18.7 Å². The standard InChI is InChI=1S/C22H25F3N8O/c1-12(20(24)25)33-18-10-13(4-5-17(18)28-30-33)14-6-9-32-19(14)21(34-3)27-22(29-32)26-16-7-8-31(2)11-15(16)23/h4-6,9-10,12,15-16,20H,7-8,11H2,1-3H3,(H,26,29)/t12-,15+,16-/m1/s1. The number of rotatable bonds is 6. The van der Waals surface area contributed by atoms with Crippen LogP contribution in [0.5, 0.6) is 5.88 Å². The fourth-order valence-electron chi connectivity index (χ4n) is 4.32. The molecule has 0 aliphatic carbocycles. The number of hydrogen-bond donors (Lipinski definition) is 1. The summed E-state index contributed by atoms with van der Waals surface area (Å²) < 4.78 is 49.5. The second kappa shape index (κ2) is 8.75. The summed E-state index contributed by atoms with van der Waals surface area (Å²) in [5.41, 5.74) is 3.13. The van der Waals surface area contributed by atoms with E-state index in [0.717, 1.165) is 17.7 Å². The Morgan fingerprint density at radius 2 is 2.06 bits per heavy atom. The SMILES string of the molecule is COc1nc(N[C@@H]2CCN(C)C[C@@H]2F)nn2ccc(-c3ccc4nnn([C@H](C)C(F)F)c4c3)c12. The second-order valence-electron chi connectivity index (χ2n) is 8.60. The Morgan fingerprint density at radius 1 is 1.24 bits per heavy atom. The number of piperidine rings is 1. The van der Waals surface area contributed by atoms with Crippen LogP contribution < -0.4 is 10.1 Å². The molecule has 5 rings (SSSR count). The predicted octanol–water partition coefficient (Wildman–Crippen LogP) is 3.43. The molecule has 34 heavy (non-hydrogen) atoms. The third-order valence-electron chi connectivity index (χ3n) is 6.26. The summed E-state index contributed by atoms with van der Waals surface area (Å²) in [6.45, 7) is 2.53. The Morgan fingerprint density at radius 3 is 2.79 bits per heavy atom. The van der Waals surface area contributed by atoms with Crippen molar-refractivity contribution < 1.29 is 17.9 Å². The van der Waals surface area contributed by atoms with Crippen LogP contribution in [0.2, 0.25) is 0 Å². The molecule has 0 spiro atoms. The van der Waals surface area contributed by atoms with E-state index in [-0.39, 0.29) is 12.0 Å². The average molecular weight is 474 g/mol. The maximum atomic E-state index is 14.5. The molecule has 180 valence electrons. The number of nitrogens with zero attached hydrogens (tertiary/aromatic N) is 7. The van der Waals surface area contributed by atoms with Crippen LogP contribution >= 0.6 is 0 Å². The van der Waals surface area contributed by atoms with Gasteiger partial charge in [-0.3, -0.25) is 0 Å². The summed E-state index contributed by atoms with van der Waals surface area (Å²) in [6, 6.07) is 5.68. The van der Waals surface area contributed by atoms with E-state index in [4.69, 9.17) is 4.74 Å². The Hall–Kier alpha value is -3.41. The number of fused-ring (bicyclic) bond motifs is 2. The molecule has 1 saturated heterocycles. The topological polar surface area (TPSA) is 85.4 Å². The van der Waals surface area contributed by atoms with Gasteiger partial charge in [0.25, 0.3) is 6.43 Å². The maximum Gasteiger partial charge on any atom is 0.260 e. The van der Waals surface area contributed by atoms with Gasteiger partial charge < -0.3 is 15.0 Å². The quantitative estimate of drug-likeness (QED) is 0.458. The van der Waals surface area contributed by atoms with Gasteiger partial charge in [0.05, 0.1) is 18.7 Å². The van der Waals surface area contributed by atoms with Crippen molar-refractivity contribution in [1.29, 1.82) is 0 Å². The zero-order valence-electron chi connectivity index (χ0n) is 19.0. The molecule has 0 bridgehead atoms. The first kappa shape index (κ1) is 22.4. The minimum Gasteiger partial charge on any atom is -0.479 e. The van der Waals surface area contributed by atoms with Gasteiger partial charge in [-0.15, -0.1) is 10.2 Å². The molecule has 0 amide bonds. The van der Waals surface area contributed by atoms with Crippen molar-refractivity contribution in [3.63, 3.8) is 0 Å². The third kappa shape index (κ3) is 3.91. The highest BCUT2D eigenvalue weighted by Crippen LogP contribution is 2.33. The van der Waals surface area contributed by atoms with E-state index >= 15 is 0 Å². The minimum absolute atomic E-state index is 0.271. The van der Waals surface area contributed by atoms with Crippen molar-refractivity contribution in [3.05, 3.63) is 30.5 Å². The maximum absolute atomic E-state index is 14.5. The van der Waals surface area contributed by atoms with Gasteiger partial charge in [-0.2, -0.15) is 4.98 Å². The fraction of sp³-hybridized carbons (Fsp3) is 0.455. The summed E-state index contributed by atoms with van der Waals surface area (Å²) >= 11 is 0. The van der Waals surface area contributed by atoms with E-state index in [2.05, 4.69) is 25.7 Å². The van der Waals surface area contributed by atoms with Crippen molar-refractivity contribution in [2.45, 2.75) is 38.0 Å². The lowest BCUT2D eigenvalue weighted by Gasteiger charge is -2.32. The molecule has 0 radical (unpaired) electrons. The van der Waals surface area contributed by atoms with E-state index in [0.29, 0.717) is 35.4 Å². The molecule has 9 nitrogen and oxygen atoms in total. The first-order chi connectivity index (χ1) is 16.4. The summed E-state index contributed by atoms with van der Waals surface area (Å²) in [5.74, 6) is 0.584. The number of aromatic nitrogens is 6. The van der Waals surface area contributed by atoms with E-state index < -0.39 is 18.6 Å². The number of likely N-dealkylation sites (tertiary alicyclic amines) is 1. The first-order valence-electron chi connectivity index (χ1n) is 11.0. The molecular weight excluding hydrogens is 449 g/mol. The highest BCUT2D eigenvalue weighted by molar-refractivity contribution is 5.89. The molecular formula is C22H25F3N8O. The van der Waals surface area contributed by atoms with Crippen molar-refractivity contribution in [2.75, 3.05) is 32.6 Å². The Balaban J connectivity index is 1.52. The summed E-state index contributed by atoms with van der Waals surface area (Å²) in [6.07, 6.45) is -1.22. The van der Waals surface area contributed by atoms with Crippen LogP contribution in [0.4, 0.5) is 19.1 Å². The largest absolute Gasteiger partial charge is 0.479 e. The first-order valence-corrected chi connectivity index (χ1v) is 11.0. The van der Waals surface area contributed by atoms with Gasteiger partial charge in [-0.05, 0) is 44.2 Å². The molecule has 3 atom stereocenters. The van der Waals surface area contributed by atoms with Crippen LogP contribution in [0, 0.1) is 0 Å². The van der Waals surface area contributed by atoms with Gasteiger partial charge in [0.15, 0.2) is 0 Å². The van der Waals surface area contributed by atoms with Gasteiger partial charge in [-0.1, -0.05) is 11.3 Å². The molecule has 1 fully saturated rings. The van der Waals surface area contributed by atoms with Crippen molar-refractivity contribution in [2.24, 2.45) is 0 Å². The van der Waals surface area contributed by atoms with Crippen LogP contribution in [0.15, 0.2) is 30.5 Å². The molecule has 1 aromatic carbocycles. The Bertz CT molecular complexity index is 1320. The zero-order valence-corrected chi connectivity index (χ0v) is 19.0. The molecule has 0 saturated carbocycles. The van der Waals surface area contributed by atoms with Crippen LogP contribution in [0.25, 0.3) is 27.7 Å².